The number of nitrogens with one attached hydrogen (secondary N) is 2. The van der Waals surface area contributed by atoms with Crippen molar-refractivity contribution in [1.29, 1.82) is 0 Å². The molecule has 1 aliphatic rings. The van der Waals surface area contributed by atoms with Gasteiger partial charge < -0.3 is 20.1 Å². The third kappa shape index (κ3) is 7.93. The van der Waals surface area contributed by atoms with Gasteiger partial charge in [0, 0.05) is 19.7 Å². The van der Waals surface area contributed by atoms with Crippen molar-refractivity contribution in [2.24, 2.45) is 4.99 Å². The number of guanidine groups is 1. The van der Waals surface area contributed by atoms with Crippen LogP contribution in [0.4, 0.5) is 0 Å². The van der Waals surface area contributed by atoms with Gasteiger partial charge in [0.25, 0.3) is 0 Å². The minimum Gasteiger partial charge on any atom is -0.462 e. The van der Waals surface area contributed by atoms with Crippen molar-refractivity contribution >= 4 is 23.3 Å². The van der Waals surface area contributed by atoms with E-state index in [1.807, 2.05) is 20.8 Å². The van der Waals surface area contributed by atoms with Gasteiger partial charge in [-0.25, -0.2) is 9.78 Å². The van der Waals surface area contributed by atoms with Gasteiger partial charge in [0.1, 0.15) is 9.88 Å². The number of rotatable bonds is 10. The molecule has 1 unspecified atom stereocenters. The number of esters is 1. The molecule has 1 aromatic heterocycles. The van der Waals surface area contributed by atoms with E-state index in [1.54, 1.807) is 6.92 Å². The van der Waals surface area contributed by atoms with Crippen LogP contribution in [0, 0.1) is 6.92 Å². The van der Waals surface area contributed by atoms with Gasteiger partial charge in [-0.2, -0.15) is 0 Å². The minimum atomic E-state index is -0.306. The van der Waals surface area contributed by atoms with Crippen LogP contribution in [-0.2, 0) is 9.47 Å². The van der Waals surface area contributed by atoms with Gasteiger partial charge in [-0.1, -0.05) is 19.3 Å². The topological polar surface area (TPSA) is 84.8 Å². The maximum Gasteiger partial charge on any atom is 0.350 e. The number of carbonyl (C=O) groups is 1. The predicted molar refractivity (Wildman–Crippen MR) is 118 cm³/mol. The zero-order valence-electron chi connectivity index (χ0n) is 18.3. The molecule has 0 aliphatic heterocycles. The van der Waals surface area contributed by atoms with E-state index in [1.165, 1.54) is 43.4 Å². The third-order valence-corrected chi connectivity index (χ3v) is 6.14. The van der Waals surface area contributed by atoms with Crippen LogP contribution < -0.4 is 10.6 Å². The highest BCUT2D eigenvalue weighted by atomic mass is 32.1. The van der Waals surface area contributed by atoms with E-state index in [0.29, 0.717) is 29.8 Å². The van der Waals surface area contributed by atoms with Crippen molar-refractivity contribution in [2.45, 2.75) is 78.4 Å². The Balaban J connectivity index is 1.84. The molecule has 0 amide bonds. The second kappa shape index (κ2) is 12.8. The summed E-state index contributed by atoms with van der Waals surface area (Å²) < 4.78 is 11.1. The molecule has 1 atom stereocenters. The van der Waals surface area contributed by atoms with Crippen molar-refractivity contribution in [1.82, 2.24) is 15.6 Å². The van der Waals surface area contributed by atoms with Gasteiger partial charge in [0.2, 0.25) is 0 Å². The largest absolute Gasteiger partial charge is 0.462 e. The van der Waals surface area contributed by atoms with Crippen molar-refractivity contribution in [3.63, 3.8) is 0 Å². The quantitative estimate of drug-likeness (QED) is 0.256. The maximum atomic E-state index is 12.0. The first-order valence-corrected chi connectivity index (χ1v) is 11.7. The molecule has 1 aliphatic carbocycles. The van der Waals surface area contributed by atoms with Crippen LogP contribution in [0.3, 0.4) is 0 Å². The molecule has 1 saturated carbocycles. The Morgan fingerprint density at radius 2 is 2.07 bits per heavy atom. The van der Waals surface area contributed by atoms with E-state index >= 15 is 0 Å². The Morgan fingerprint density at radius 3 is 2.76 bits per heavy atom. The normalized spacial score (nSPS) is 16.5. The standard InChI is InChI=1S/C21H36N4O3S/c1-5-22-21(23-13-10-14-28-17-11-8-7-9-12-17)25-16(4)19-24-15(3)18(29-19)20(26)27-6-2/h16-17H,5-14H2,1-4H3,(H2,22,23,25). The van der Waals surface area contributed by atoms with Crippen molar-refractivity contribution in [3.8, 4) is 0 Å². The van der Waals surface area contributed by atoms with Crippen molar-refractivity contribution in [2.75, 3.05) is 26.3 Å². The number of thiazole rings is 1. The number of aryl methyl sites for hydroxylation is 1. The average Bonchev–Trinajstić information content (AvgIpc) is 3.11. The lowest BCUT2D eigenvalue weighted by molar-refractivity contribution is 0.0281. The van der Waals surface area contributed by atoms with Crippen LogP contribution >= 0.6 is 11.3 Å². The number of aliphatic imine (C=N–C) groups is 1. The number of ether oxygens (including phenoxy) is 2. The number of hydrogen-bond acceptors (Lipinski definition) is 6. The molecule has 0 aromatic carbocycles. The number of hydrogen-bond donors (Lipinski definition) is 2. The van der Waals surface area contributed by atoms with Crippen molar-refractivity contribution in [3.05, 3.63) is 15.6 Å². The minimum absolute atomic E-state index is 0.0573. The molecular formula is C21H36N4O3S. The van der Waals surface area contributed by atoms with Gasteiger partial charge in [0.15, 0.2) is 5.96 Å². The molecule has 2 rings (SSSR count). The number of aromatic nitrogens is 1. The third-order valence-electron chi connectivity index (χ3n) is 4.82. The summed E-state index contributed by atoms with van der Waals surface area (Å²) in [6.07, 6.45) is 7.69. The molecule has 1 fully saturated rings. The summed E-state index contributed by atoms with van der Waals surface area (Å²) in [7, 11) is 0. The Bertz CT molecular complexity index is 656. The highest BCUT2D eigenvalue weighted by Crippen LogP contribution is 2.24. The lowest BCUT2D eigenvalue weighted by Crippen LogP contribution is -2.38. The first-order valence-electron chi connectivity index (χ1n) is 10.9. The number of carbonyl (C=O) groups excluding carboxylic acids is 1. The molecule has 0 bridgehead atoms. The summed E-state index contributed by atoms with van der Waals surface area (Å²) in [5.74, 6) is 0.447. The van der Waals surface area contributed by atoms with E-state index in [0.717, 1.165) is 30.5 Å². The van der Waals surface area contributed by atoms with Crippen LogP contribution in [0.15, 0.2) is 4.99 Å². The smallest absolute Gasteiger partial charge is 0.350 e. The monoisotopic (exact) mass is 424 g/mol. The second-order valence-electron chi connectivity index (χ2n) is 7.30. The van der Waals surface area contributed by atoms with Crippen molar-refractivity contribution < 1.29 is 14.3 Å². The van der Waals surface area contributed by atoms with Gasteiger partial charge in [0.05, 0.1) is 24.4 Å². The summed E-state index contributed by atoms with van der Waals surface area (Å²) in [4.78, 5) is 21.8. The summed E-state index contributed by atoms with van der Waals surface area (Å²) in [6.45, 7) is 10.3. The van der Waals surface area contributed by atoms with E-state index < -0.39 is 0 Å². The fraction of sp³-hybridized carbons (Fsp3) is 0.762. The lowest BCUT2D eigenvalue weighted by Gasteiger charge is -2.21. The fourth-order valence-corrected chi connectivity index (χ4v) is 4.28. The van der Waals surface area contributed by atoms with Crippen LogP contribution in [0.2, 0.25) is 0 Å². The summed E-state index contributed by atoms with van der Waals surface area (Å²) in [5, 5.41) is 7.50. The molecular weight excluding hydrogens is 388 g/mol. The second-order valence-corrected chi connectivity index (χ2v) is 8.33. The molecule has 1 heterocycles. The Morgan fingerprint density at radius 1 is 1.31 bits per heavy atom. The molecule has 2 N–H and O–H groups in total. The molecule has 0 saturated heterocycles. The molecule has 1 aromatic rings. The SMILES string of the molecule is CCNC(=NCCCOC1CCCCC1)NC(C)c1nc(C)c(C(=O)OCC)s1. The first-order chi connectivity index (χ1) is 14.0. The summed E-state index contributed by atoms with van der Waals surface area (Å²) >= 11 is 1.37. The van der Waals surface area contributed by atoms with E-state index in [2.05, 4.69) is 20.6 Å². The predicted octanol–water partition coefficient (Wildman–Crippen LogP) is 3.98. The zero-order chi connectivity index (χ0) is 21.1. The first kappa shape index (κ1) is 23.6. The van der Waals surface area contributed by atoms with E-state index in [9.17, 15) is 4.79 Å². The Labute approximate surface area is 178 Å². The van der Waals surface area contributed by atoms with E-state index in [-0.39, 0.29) is 12.0 Å². The Kier molecular flexibility index (Phi) is 10.4. The molecule has 29 heavy (non-hydrogen) atoms. The van der Waals surface area contributed by atoms with Gasteiger partial charge in [-0.15, -0.1) is 11.3 Å². The molecule has 164 valence electrons. The summed E-state index contributed by atoms with van der Waals surface area (Å²) in [6, 6.07) is -0.0573. The molecule has 0 radical (unpaired) electrons. The van der Waals surface area contributed by atoms with Crippen LogP contribution in [0.25, 0.3) is 0 Å². The van der Waals surface area contributed by atoms with Gasteiger partial charge in [-0.05, 0) is 47.0 Å². The fourth-order valence-electron chi connectivity index (χ4n) is 3.31. The van der Waals surface area contributed by atoms with Crippen LogP contribution in [-0.4, -0.2) is 49.3 Å². The van der Waals surface area contributed by atoms with Crippen LogP contribution in [0.5, 0.6) is 0 Å². The molecule has 8 heteroatoms. The zero-order valence-corrected chi connectivity index (χ0v) is 19.1. The lowest BCUT2D eigenvalue weighted by atomic mass is 9.98. The van der Waals surface area contributed by atoms with Gasteiger partial charge in [-0.3, -0.25) is 4.99 Å². The average molecular weight is 425 g/mol. The number of nitrogens with zero attached hydrogens (tertiary/aromatic N) is 2. The van der Waals surface area contributed by atoms with Gasteiger partial charge >= 0.3 is 5.97 Å². The molecule has 7 nitrogen and oxygen atoms in total. The van der Waals surface area contributed by atoms with E-state index in [4.69, 9.17) is 9.47 Å². The maximum absolute atomic E-state index is 12.0. The molecule has 0 spiro atoms. The Hall–Kier alpha value is -1.67. The van der Waals surface area contributed by atoms with Crippen LogP contribution in [0.1, 0.15) is 85.7 Å². The summed E-state index contributed by atoms with van der Waals surface area (Å²) in [5.41, 5.74) is 0.707. The highest BCUT2D eigenvalue weighted by molar-refractivity contribution is 7.13. The highest BCUT2D eigenvalue weighted by Gasteiger charge is 2.20.